The number of hydroxylamine groups is 1. The fourth-order valence-electron chi connectivity index (χ4n) is 0.950. The van der Waals surface area contributed by atoms with E-state index in [-0.39, 0.29) is 17.6 Å². The highest BCUT2D eigenvalue weighted by Gasteiger charge is 2.14. The molecule has 14 heavy (non-hydrogen) atoms. The maximum Gasteiger partial charge on any atom is 0.245 e. The van der Waals surface area contributed by atoms with E-state index in [2.05, 4.69) is 10.8 Å². The highest BCUT2D eigenvalue weighted by atomic mass is 16.7. The Balaban J connectivity index is 3.65. The number of rotatable bonds is 5. The first-order chi connectivity index (χ1) is 6.35. The van der Waals surface area contributed by atoms with Crippen LogP contribution in [0.1, 0.15) is 41.0 Å². The highest BCUT2D eigenvalue weighted by molar-refractivity contribution is 5.75. The molecule has 0 aliphatic heterocycles. The SMILES string of the molecule is CCNC(C)CC(=O)NOC(C)(C)C. The van der Waals surface area contributed by atoms with Crippen molar-refractivity contribution in [2.75, 3.05) is 6.54 Å². The van der Waals surface area contributed by atoms with Crippen LogP contribution in [-0.2, 0) is 9.63 Å². The normalized spacial score (nSPS) is 13.8. The summed E-state index contributed by atoms with van der Waals surface area (Å²) in [5.74, 6) is -0.0895. The molecule has 4 nitrogen and oxygen atoms in total. The lowest BCUT2D eigenvalue weighted by molar-refractivity contribution is -0.146. The number of nitrogens with one attached hydrogen (secondary N) is 2. The Bertz CT molecular complexity index is 175. The van der Waals surface area contributed by atoms with E-state index in [4.69, 9.17) is 4.84 Å². The lowest BCUT2D eigenvalue weighted by atomic mass is 10.2. The van der Waals surface area contributed by atoms with E-state index in [1.165, 1.54) is 0 Å². The zero-order valence-corrected chi connectivity index (χ0v) is 9.81. The Hall–Kier alpha value is -0.610. The minimum absolute atomic E-state index is 0.0895. The Morgan fingerprint density at radius 1 is 1.43 bits per heavy atom. The fraction of sp³-hybridized carbons (Fsp3) is 0.900. The van der Waals surface area contributed by atoms with Gasteiger partial charge in [0.15, 0.2) is 0 Å². The van der Waals surface area contributed by atoms with Gasteiger partial charge in [-0.2, -0.15) is 0 Å². The van der Waals surface area contributed by atoms with Crippen molar-refractivity contribution >= 4 is 5.91 Å². The molecular weight excluding hydrogens is 180 g/mol. The maximum absolute atomic E-state index is 11.3. The second-order valence-electron chi connectivity index (χ2n) is 4.40. The van der Waals surface area contributed by atoms with Crippen molar-refractivity contribution in [2.24, 2.45) is 0 Å². The summed E-state index contributed by atoms with van der Waals surface area (Å²) in [7, 11) is 0. The number of amides is 1. The lowest BCUT2D eigenvalue weighted by Gasteiger charge is -2.20. The summed E-state index contributed by atoms with van der Waals surface area (Å²) in [6.45, 7) is 10.5. The van der Waals surface area contributed by atoms with Gasteiger partial charge in [0.25, 0.3) is 0 Å². The summed E-state index contributed by atoms with van der Waals surface area (Å²) < 4.78 is 0. The van der Waals surface area contributed by atoms with Gasteiger partial charge in [0.2, 0.25) is 5.91 Å². The molecule has 0 bridgehead atoms. The summed E-state index contributed by atoms with van der Waals surface area (Å²) in [6, 6.07) is 0.184. The number of carbonyl (C=O) groups excluding carboxylic acids is 1. The molecule has 2 N–H and O–H groups in total. The molecule has 0 saturated heterocycles. The number of hydrogen-bond donors (Lipinski definition) is 2. The second kappa shape index (κ2) is 5.98. The molecule has 1 atom stereocenters. The van der Waals surface area contributed by atoms with Crippen LogP contribution in [-0.4, -0.2) is 24.1 Å². The zero-order chi connectivity index (χ0) is 11.2. The molecule has 4 heteroatoms. The standard InChI is InChI=1S/C10H22N2O2/c1-6-11-8(2)7-9(13)12-14-10(3,4)5/h8,11H,6-7H2,1-5H3,(H,12,13). The smallest absolute Gasteiger partial charge is 0.245 e. The van der Waals surface area contributed by atoms with E-state index in [9.17, 15) is 4.79 Å². The summed E-state index contributed by atoms with van der Waals surface area (Å²) >= 11 is 0. The molecule has 0 fully saturated rings. The van der Waals surface area contributed by atoms with Crippen LogP contribution in [0.2, 0.25) is 0 Å². The minimum atomic E-state index is -0.336. The van der Waals surface area contributed by atoms with Crippen LogP contribution < -0.4 is 10.8 Å². The van der Waals surface area contributed by atoms with Gasteiger partial charge < -0.3 is 5.32 Å². The van der Waals surface area contributed by atoms with Gasteiger partial charge in [-0.25, -0.2) is 5.48 Å². The number of carbonyl (C=O) groups is 1. The van der Waals surface area contributed by atoms with Crippen LogP contribution in [0.5, 0.6) is 0 Å². The zero-order valence-electron chi connectivity index (χ0n) is 9.81. The summed E-state index contributed by atoms with van der Waals surface area (Å²) in [6.07, 6.45) is 0.434. The van der Waals surface area contributed by atoms with E-state index < -0.39 is 0 Å². The van der Waals surface area contributed by atoms with Gasteiger partial charge in [0, 0.05) is 12.5 Å². The van der Waals surface area contributed by atoms with Crippen molar-refractivity contribution in [3.63, 3.8) is 0 Å². The predicted molar refractivity (Wildman–Crippen MR) is 56.7 cm³/mol. The summed E-state index contributed by atoms with van der Waals surface area (Å²) in [5, 5.41) is 3.16. The molecular formula is C10H22N2O2. The average molecular weight is 202 g/mol. The fourth-order valence-corrected chi connectivity index (χ4v) is 0.950. The lowest BCUT2D eigenvalue weighted by Crippen LogP contribution is -2.37. The van der Waals surface area contributed by atoms with E-state index >= 15 is 0 Å². The first-order valence-corrected chi connectivity index (χ1v) is 5.05. The Kier molecular flexibility index (Phi) is 5.72. The van der Waals surface area contributed by atoms with Crippen LogP contribution in [0.4, 0.5) is 0 Å². The molecule has 0 spiro atoms. The predicted octanol–water partition coefficient (Wildman–Crippen LogP) is 1.22. The largest absolute Gasteiger partial charge is 0.314 e. The topological polar surface area (TPSA) is 50.4 Å². The molecule has 0 aromatic rings. The molecule has 84 valence electrons. The van der Waals surface area contributed by atoms with Crippen molar-refractivity contribution < 1.29 is 9.63 Å². The monoisotopic (exact) mass is 202 g/mol. The van der Waals surface area contributed by atoms with Gasteiger partial charge in [-0.1, -0.05) is 6.92 Å². The van der Waals surface area contributed by atoms with Gasteiger partial charge >= 0.3 is 0 Å². The van der Waals surface area contributed by atoms with Gasteiger partial charge in [0.1, 0.15) is 0 Å². The van der Waals surface area contributed by atoms with Crippen molar-refractivity contribution in [2.45, 2.75) is 52.7 Å². The Labute approximate surface area is 86.4 Å². The first kappa shape index (κ1) is 13.4. The van der Waals surface area contributed by atoms with E-state index in [0.29, 0.717) is 6.42 Å². The molecule has 1 unspecified atom stereocenters. The van der Waals surface area contributed by atoms with Crippen LogP contribution in [0.25, 0.3) is 0 Å². The molecule has 0 aromatic carbocycles. The van der Waals surface area contributed by atoms with Gasteiger partial charge in [0.05, 0.1) is 5.60 Å². The third kappa shape index (κ3) is 8.01. The minimum Gasteiger partial charge on any atom is -0.314 e. The molecule has 0 aliphatic carbocycles. The summed E-state index contributed by atoms with van der Waals surface area (Å²) in [5.41, 5.74) is 2.10. The Morgan fingerprint density at radius 3 is 2.43 bits per heavy atom. The molecule has 0 aromatic heterocycles. The number of hydrogen-bond acceptors (Lipinski definition) is 3. The molecule has 1 amide bonds. The molecule has 0 heterocycles. The maximum atomic E-state index is 11.3. The van der Waals surface area contributed by atoms with E-state index in [1.54, 1.807) is 0 Å². The highest BCUT2D eigenvalue weighted by Crippen LogP contribution is 2.03. The molecule has 0 aliphatic rings. The third-order valence-corrected chi connectivity index (χ3v) is 1.52. The van der Waals surface area contributed by atoms with Crippen molar-refractivity contribution in [1.29, 1.82) is 0 Å². The van der Waals surface area contributed by atoms with Gasteiger partial charge in [-0.05, 0) is 34.2 Å². The molecule has 0 saturated carbocycles. The van der Waals surface area contributed by atoms with Crippen LogP contribution in [0.15, 0.2) is 0 Å². The Morgan fingerprint density at radius 2 is 2.00 bits per heavy atom. The van der Waals surface area contributed by atoms with Crippen LogP contribution >= 0.6 is 0 Å². The van der Waals surface area contributed by atoms with Crippen molar-refractivity contribution in [1.82, 2.24) is 10.8 Å². The van der Waals surface area contributed by atoms with E-state index in [1.807, 2.05) is 34.6 Å². The van der Waals surface area contributed by atoms with E-state index in [0.717, 1.165) is 6.54 Å². The molecule has 0 rings (SSSR count). The van der Waals surface area contributed by atoms with Crippen molar-refractivity contribution in [3.05, 3.63) is 0 Å². The summed E-state index contributed by atoms with van der Waals surface area (Å²) in [4.78, 5) is 16.4. The van der Waals surface area contributed by atoms with Crippen LogP contribution in [0.3, 0.4) is 0 Å². The molecule has 0 radical (unpaired) electrons. The second-order valence-corrected chi connectivity index (χ2v) is 4.40. The van der Waals surface area contributed by atoms with Gasteiger partial charge in [-0.15, -0.1) is 0 Å². The van der Waals surface area contributed by atoms with Crippen LogP contribution in [0, 0.1) is 0 Å². The average Bonchev–Trinajstić information content (AvgIpc) is 2.00. The quantitative estimate of drug-likeness (QED) is 0.659. The van der Waals surface area contributed by atoms with Gasteiger partial charge in [-0.3, -0.25) is 9.63 Å². The third-order valence-electron chi connectivity index (χ3n) is 1.52. The van der Waals surface area contributed by atoms with Crippen molar-refractivity contribution in [3.8, 4) is 0 Å². The first-order valence-electron chi connectivity index (χ1n) is 5.05.